The topological polar surface area (TPSA) is 29.1 Å². The van der Waals surface area contributed by atoms with Gasteiger partial charge in [-0.15, -0.1) is 11.6 Å². The molecule has 0 aliphatic heterocycles. The Kier molecular flexibility index (Phi) is 5.29. The van der Waals surface area contributed by atoms with Gasteiger partial charge in [0, 0.05) is 12.4 Å². The molecule has 86 valence electrons. The zero-order chi connectivity index (χ0) is 12.0. The second-order valence-electron chi connectivity index (χ2n) is 2.93. The van der Waals surface area contributed by atoms with E-state index < -0.39 is 11.7 Å². The van der Waals surface area contributed by atoms with Crippen LogP contribution in [0, 0.1) is 5.82 Å². The lowest BCUT2D eigenvalue weighted by Gasteiger charge is -2.05. The molecule has 2 nitrogen and oxygen atoms in total. The first-order valence-electron chi connectivity index (χ1n) is 4.60. The van der Waals surface area contributed by atoms with Gasteiger partial charge >= 0.3 is 0 Å². The van der Waals surface area contributed by atoms with Gasteiger partial charge in [0.1, 0.15) is 5.82 Å². The Bertz CT molecular complexity index is 387. The zero-order valence-corrected chi connectivity index (χ0v) is 9.85. The number of benzene rings is 1. The third kappa shape index (κ3) is 3.51. The highest BCUT2D eigenvalue weighted by molar-refractivity contribution is 6.33. The maximum atomic E-state index is 13.3. The van der Waals surface area contributed by atoms with Crippen molar-refractivity contribution < 1.29 is 9.18 Å². The number of nitrogens with one attached hydrogen (secondary N) is 1. The van der Waals surface area contributed by atoms with Crippen molar-refractivity contribution in [3.63, 3.8) is 0 Å². The molecule has 0 saturated heterocycles. The molecule has 1 aromatic rings. The molecule has 0 heterocycles. The first kappa shape index (κ1) is 13.0. The lowest BCUT2D eigenvalue weighted by Crippen LogP contribution is -2.24. The van der Waals surface area contributed by atoms with E-state index >= 15 is 0 Å². The van der Waals surface area contributed by atoms with Crippen LogP contribution in [0.5, 0.6) is 0 Å². The van der Waals surface area contributed by atoms with Crippen molar-refractivity contribution in [2.24, 2.45) is 0 Å². The van der Waals surface area contributed by atoms with E-state index in [0.717, 1.165) is 0 Å². The van der Waals surface area contributed by atoms with Crippen LogP contribution in [0.2, 0.25) is 5.02 Å². The van der Waals surface area contributed by atoms with Gasteiger partial charge in [-0.25, -0.2) is 4.39 Å². The molecule has 0 spiro atoms. The third-order valence-corrected chi connectivity index (χ3v) is 2.32. The highest BCUT2D eigenvalue weighted by atomic mass is 35.5. The largest absolute Gasteiger partial charge is 0.348 e. The average Bonchev–Trinajstić information content (AvgIpc) is 2.24. The first-order chi connectivity index (χ1) is 7.66. The lowest BCUT2D eigenvalue weighted by atomic mass is 10.2. The molecule has 5 heteroatoms. The molecule has 0 aliphatic carbocycles. The molecule has 0 fully saturated rings. The lowest BCUT2D eigenvalue weighted by molar-refractivity contribution is 0.0954. The normalized spacial score (nSPS) is 10.7. The van der Waals surface area contributed by atoms with Crippen LogP contribution in [-0.4, -0.2) is 18.3 Å². The van der Waals surface area contributed by atoms with Gasteiger partial charge in [0.2, 0.25) is 0 Å². The summed E-state index contributed by atoms with van der Waals surface area (Å²) in [6.07, 6.45) is 3.37. The molecule has 0 aliphatic rings. The molecule has 0 bridgehead atoms. The van der Waals surface area contributed by atoms with E-state index in [4.69, 9.17) is 23.2 Å². The van der Waals surface area contributed by atoms with Gasteiger partial charge < -0.3 is 5.32 Å². The highest BCUT2D eigenvalue weighted by Crippen LogP contribution is 2.18. The number of amides is 1. The Morgan fingerprint density at radius 3 is 2.81 bits per heavy atom. The van der Waals surface area contributed by atoms with E-state index in [9.17, 15) is 9.18 Å². The van der Waals surface area contributed by atoms with Crippen LogP contribution in [0.1, 0.15) is 10.4 Å². The third-order valence-electron chi connectivity index (χ3n) is 1.83. The molecule has 0 aromatic heterocycles. The summed E-state index contributed by atoms with van der Waals surface area (Å²) in [5.41, 5.74) is -0.136. The van der Waals surface area contributed by atoms with Crippen LogP contribution < -0.4 is 5.32 Å². The number of carbonyl (C=O) groups excluding carboxylic acids is 1. The first-order valence-corrected chi connectivity index (χ1v) is 5.51. The van der Waals surface area contributed by atoms with Crippen molar-refractivity contribution in [3.05, 3.63) is 46.8 Å². The van der Waals surface area contributed by atoms with E-state index in [1.54, 1.807) is 12.2 Å². The monoisotopic (exact) mass is 261 g/mol. The SMILES string of the molecule is O=C(NC/C=C/CCl)c1c(F)cccc1Cl. The van der Waals surface area contributed by atoms with Gasteiger partial charge in [0.25, 0.3) is 5.91 Å². The number of rotatable bonds is 4. The number of carbonyl (C=O) groups is 1. The Labute approximate surface area is 103 Å². The van der Waals surface area contributed by atoms with Crippen molar-refractivity contribution in [2.75, 3.05) is 12.4 Å². The molecular formula is C11H10Cl2FNO. The summed E-state index contributed by atoms with van der Waals surface area (Å²) in [5.74, 6) is -0.801. The molecule has 0 radical (unpaired) electrons. The van der Waals surface area contributed by atoms with Gasteiger partial charge in [0.05, 0.1) is 10.6 Å². The summed E-state index contributed by atoms with van der Waals surface area (Å²) in [6, 6.07) is 4.10. The number of allylic oxidation sites excluding steroid dienone is 1. The minimum atomic E-state index is -0.633. The Morgan fingerprint density at radius 2 is 2.19 bits per heavy atom. The molecule has 0 atom stereocenters. The van der Waals surface area contributed by atoms with Crippen molar-refractivity contribution in [2.45, 2.75) is 0 Å². The van der Waals surface area contributed by atoms with Crippen LogP contribution in [-0.2, 0) is 0 Å². The fraction of sp³-hybridized carbons (Fsp3) is 0.182. The minimum Gasteiger partial charge on any atom is -0.348 e. The van der Waals surface area contributed by atoms with E-state index in [2.05, 4.69) is 5.32 Å². The van der Waals surface area contributed by atoms with Gasteiger partial charge in [-0.1, -0.05) is 29.8 Å². The molecule has 0 saturated carbocycles. The minimum absolute atomic E-state index is 0.0961. The van der Waals surface area contributed by atoms with Gasteiger partial charge in [-0.3, -0.25) is 4.79 Å². The van der Waals surface area contributed by atoms with E-state index in [1.807, 2.05) is 0 Å². The average molecular weight is 262 g/mol. The quantitative estimate of drug-likeness (QED) is 0.655. The highest BCUT2D eigenvalue weighted by Gasteiger charge is 2.14. The van der Waals surface area contributed by atoms with Crippen molar-refractivity contribution >= 4 is 29.1 Å². The summed E-state index contributed by atoms with van der Waals surface area (Å²) in [5, 5.41) is 2.60. The number of halogens is 3. The number of hydrogen-bond acceptors (Lipinski definition) is 1. The van der Waals surface area contributed by atoms with Crippen molar-refractivity contribution in [1.29, 1.82) is 0 Å². The van der Waals surface area contributed by atoms with E-state index in [-0.39, 0.29) is 17.1 Å². The predicted octanol–water partition coefficient (Wildman–Crippen LogP) is 3.00. The maximum absolute atomic E-state index is 13.3. The fourth-order valence-corrected chi connectivity index (χ4v) is 1.48. The number of alkyl halides is 1. The Balaban J connectivity index is 2.70. The standard InChI is InChI=1S/C11H10Cl2FNO/c12-6-1-2-7-15-11(16)10-8(13)4-3-5-9(10)14/h1-5H,6-7H2,(H,15,16)/b2-1+. The van der Waals surface area contributed by atoms with E-state index in [0.29, 0.717) is 5.88 Å². The maximum Gasteiger partial charge on any atom is 0.256 e. The summed E-state index contributed by atoms with van der Waals surface area (Å²) < 4.78 is 13.3. The van der Waals surface area contributed by atoms with Crippen molar-refractivity contribution in [3.8, 4) is 0 Å². The van der Waals surface area contributed by atoms with Crippen molar-refractivity contribution in [1.82, 2.24) is 5.32 Å². The fourth-order valence-electron chi connectivity index (χ4n) is 1.10. The molecule has 1 amide bonds. The van der Waals surface area contributed by atoms with Gasteiger partial charge in [0.15, 0.2) is 0 Å². The van der Waals surface area contributed by atoms with Crippen LogP contribution in [0.3, 0.4) is 0 Å². The zero-order valence-electron chi connectivity index (χ0n) is 8.34. The Hall–Kier alpha value is -1.06. The van der Waals surface area contributed by atoms with Gasteiger partial charge in [-0.2, -0.15) is 0 Å². The predicted molar refractivity (Wildman–Crippen MR) is 63.6 cm³/mol. The Morgan fingerprint density at radius 1 is 1.44 bits per heavy atom. The molecular weight excluding hydrogens is 252 g/mol. The van der Waals surface area contributed by atoms with Crippen LogP contribution in [0.15, 0.2) is 30.4 Å². The summed E-state index contributed by atoms with van der Waals surface area (Å²) in [4.78, 5) is 11.5. The number of hydrogen-bond donors (Lipinski definition) is 1. The molecule has 1 rings (SSSR count). The summed E-state index contributed by atoms with van der Waals surface area (Å²) >= 11 is 11.1. The van der Waals surface area contributed by atoms with Crippen LogP contribution in [0.4, 0.5) is 4.39 Å². The summed E-state index contributed by atoms with van der Waals surface area (Å²) in [7, 11) is 0. The molecule has 0 unspecified atom stereocenters. The molecule has 1 aromatic carbocycles. The second kappa shape index (κ2) is 6.51. The summed E-state index contributed by atoms with van der Waals surface area (Å²) in [6.45, 7) is 0.288. The molecule has 16 heavy (non-hydrogen) atoms. The van der Waals surface area contributed by atoms with Crippen LogP contribution in [0.25, 0.3) is 0 Å². The van der Waals surface area contributed by atoms with E-state index in [1.165, 1.54) is 18.2 Å². The smallest absolute Gasteiger partial charge is 0.256 e. The van der Waals surface area contributed by atoms with Crippen LogP contribution >= 0.6 is 23.2 Å². The van der Waals surface area contributed by atoms with Gasteiger partial charge in [-0.05, 0) is 12.1 Å². The second-order valence-corrected chi connectivity index (χ2v) is 3.65. The molecule has 1 N–H and O–H groups in total.